The Bertz CT molecular complexity index is 2630. The maximum atomic E-state index is 2.47. The lowest BCUT2D eigenvalue weighted by Crippen LogP contribution is -2.14. The first-order valence-corrected chi connectivity index (χ1v) is 16.9. The Kier molecular flexibility index (Phi) is 5.16. The summed E-state index contributed by atoms with van der Waals surface area (Å²) >= 11 is 0. The third-order valence-corrected chi connectivity index (χ3v) is 11.8. The van der Waals surface area contributed by atoms with Crippen LogP contribution in [0.5, 0.6) is 0 Å². The van der Waals surface area contributed by atoms with Crippen LogP contribution in [0.3, 0.4) is 0 Å². The van der Waals surface area contributed by atoms with Gasteiger partial charge in [0.2, 0.25) is 0 Å². The molecule has 0 amide bonds. The van der Waals surface area contributed by atoms with Crippen LogP contribution in [-0.4, -0.2) is 0 Å². The number of benzene rings is 8. The van der Waals surface area contributed by atoms with Crippen molar-refractivity contribution in [3.8, 4) is 44.5 Å². The molecule has 0 aliphatic heterocycles. The molecular weight excluding hydrogens is 565 g/mol. The van der Waals surface area contributed by atoms with Crippen LogP contribution in [0.2, 0.25) is 0 Å². The summed E-state index contributed by atoms with van der Waals surface area (Å²) in [5.41, 5.74) is 17.7. The summed E-state index contributed by atoms with van der Waals surface area (Å²) in [6.07, 6.45) is 0. The van der Waals surface area contributed by atoms with E-state index in [9.17, 15) is 0 Å². The van der Waals surface area contributed by atoms with Gasteiger partial charge in [0.1, 0.15) is 0 Å². The molecule has 8 aromatic rings. The van der Waals surface area contributed by atoms with Crippen molar-refractivity contribution >= 4 is 32.3 Å². The Morgan fingerprint density at radius 2 is 0.830 bits per heavy atom. The minimum Gasteiger partial charge on any atom is -0.0619 e. The predicted octanol–water partition coefficient (Wildman–Crippen LogP) is 12.8. The monoisotopic (exact) mass is 600 g/mol. The smallest absolute Gasteiger partial charge is 0.0159 e. The highest BCUT2D eigenvalue weighted by atomic mass is 14.4. The number of fused-ring (bicyclic) bond motifs is 6. The van der Waals surface area contributed by atoms with E-state index in [1.54, 1.807) is 0 Å². The van der Waals surface area contributed by atoms with Crippen molar-refractivity contribution in [2.24, 2.45) is 0 Å². The molecule has 2 aliphatic carbocycles. The standard InChI is InChI=1S/C47H36/c1-27-24-39(30-17-20-36-34-11-7-9-13-41(34)47(4,5)43(36)26-30)38-21-15-28-14-18-32(37-23-22-31(27)45(38)44(28)37)29-16-19-35-33-10-6-8-12-40(33)46(2,3)42(35)25-29/h6-26H,1-5H3. The van der Waals surface area contributed by atoms with Crippen LogP contribution in [0.4, 0.5) is 0 Å². The van der Waals surface area contributed by atoms with Gasteiger partial charge in [0.25, 0.3) is 0 Å². The van der Waals surface area contributed by atoms with Gasteiger partial charge in [-0.2, -0.15) is 0 Å². The van der Waals surface area contributed by atoms with E-state index >= 15 is 0 Å². The highest BCUT2D eigenvalue weighted by Gasteiger charge is 2.36. The molecule has 0 N–H and O–H groups in total. The molecule has 0 spiro atoms. The molecule has 8 aromatic carbocycles. The molecule has 0 radical (unpaired) electrons. The maximum Gasteiger partial charge on any atom is 0.0159 e. The first kappa shape index (κ1) is 27.0. The summed E-state index contributed by atoms with van der Waals surface area (Å²) in [6, 6.07) is 48.7. The summed E-state index contributed by atoms with van der Waals surface area (Å²) in [6.45, 7) is 11.8. The van der Waals surface area contributed by atoms with Crippen molar-refractivity contribution in [1.82, 2.24) is 0 Å². The molecule has 224 valence electrons. The second-order valence-electron chi connectivity index (χ2n) is 15.0. The van der Waals surface area contributed by atoms with Gasteiger partial charge in [-0.1, -0.05) is 143 Å². The minimum atomic E-state index is -0.0263. The van der Waals surface area contributed by atoms with Crippen LogP contribution in [0.25, 0.3) is 76.8 Å². The van der Waals surface area contributed by atoms with Crippen molar-refractivity contribution in [3.05, 3.63) is 155 Å². The molecule has 0 heterocycles. The van der Waals surface area contributed by atoms with Gasteiger partial charge in [-0.25, -0.2) is 0 Å². The quantitative estimate of drug-likeness (QED) is 0.173. The maximum absolute atomic E-state index is 2.47. The van der Waals surface area contributed by atoms with E-state index < -0.39 is 0 Å². The molecule has 0 saturated carbocycles. The summed E-state index contributed by atoms with van der Waals surface area (Å²) in [4.78, 5) is 0. The fourth-order valence-corrected chi connectivity index (χ4v) is 9.31. The van der Waals surface area contributed by atoms with E-state index in [-0.39, 0.29) is 10.8 Å². The fraction of sp³-hybridized carbons (Fsp3) is 0.149. The molecule has 10 rings (SSSR count). The van der Waals surface area contributed by atoms with Crippen LogP contribution >= 0.6 is 0 Å². The molecule has 47 heavy (non-hydrogen) atoms. The molecule has 0 bridgehead atoms. The van der Waals surface area contributed by atoms with E-state index in [2.05, 4.69) is 162 Å². The van der Waals surface area contributed by atoms with Crippen molar-refractivity contribution in [2.45, 2.75) is 45.4 Å². The molecule has 0 unspecified atom stereocenters. The lowest BCUT2D eigenvalue weighted by atomic mass is 9.80. The normalized spacial score (nSPS) is 15.3. The molecule has 0 fully saturated rings. The van der Waals surface area contributed by atoms with Crippen molar-refractivity contribution in [1.29, 1.82) is 0 Å². The van der Waals surface area contributed by atoms with Gasteiger partial charge in [0.05, 0.1) is 0 Å². The average molecular weight is 601 g/mol. The average Bonchev–Trinajstić information content (AvgIpc) is 3.47. The fourth-order valence-electron chi connectivity index (χ4n) is 9.31. The van der Waals surface area contributed by atoms with Crippen LogP contribution < -0.4 is 0 Å². The van der Waals surface area contributed by atoms with Crippen molar-refractivity contribution in [2.75, 3.05) is 0 Å². The Labute approximate surface area is 276 Å². The zero-order valence-electron chi connectivity index (χ0n) is 27.6. The Balaban J connectivity index is 1.19. The Morgan fingerprint density at radius 1 is 0.362 bits per heavy atom. The zero-order valence-corrected chi connectivity index (χ0v) is 27.6. The lowest BCUT2D eigenvalue weighted by molar-refractivity contribution is 0.660. The van der Waals surface area contributed by atoms with E-state index in [1.165, 1.54) is 105 Å². The Morgan fingerprint density at radius 3 is 1.47 bits per heavy atom. The second-order valence-corrected chi connectivity index (χ2v) is 15.0. The van der Waals surface area contributed by atoms with Gasteiger partial charge in [0, 0.05) is 10.8 Å². The molecular formula is C47H36. The van der Waals surface area contributed by atoms with Gasteiger partial charge in [0.15, 0.2) is 0 Å². The van der Waals surface area contributed by atoms with Gasteiger partial charge in [-0.15, -0.1) is 0 Å². The minimum absolute atomic E-state index is 0.0243. The first-order valence-electron chi connectivity index (χ1n) is 16.9. The highest BCUT2D eigenvalue weighted by Crippen LogP contribution is 2.52. The largest absolute Gasteiger partial charge is 0.0619 e. The van der Waals surface area contributed by atoms with E-state index in [4.69, 9.17) is 0 Å². The molecule has 0 atom stereocenters. The summed E-state index contributed by atoms with van der Waals surface area (Å²) in [5, 5.41) is 8.07. The van der Waals surface area contributed by atoms with E-state index in [0.717, 1.165) is 0 Å². The summed E-state index contributed by atoms with van der Waals surface area (Å²) in [7, 11) is 0. The molecule has 2 aliphatic rings. The molecule has 0 aromatic heterocycles. The van der Waals surface area contributed by atoms with Crippen LogP contribution in [0.15, 0.2) is 127 Å². The second kappa shape index (κ2) is 8.99. The molecule has 0 heteroatoms. The Hall–Kier alpha value is -5.20. The molecule has 0 saturated heterocycles. The zero-order chi connectivity index (χ0) is 31.8. The number of hydrogen-bond acceptors (Lipinski definition) is 0. The SMILES string of the molecule is Cc1cc(-c2ccc3c(c2)C(C)(C)c2ccccc2-3)c2ccc3ccc(-c4ccc5c(c4)C(C)(C)c4ccccc4-5)c4ccc1c2c34. The molecule has 0 nitrogen and oxygen atoms in total. The number of hydrogen-bond donors (Lipinski definition) is 0. The highest BCUT2D eigenvalue weighted by molar-refractivity contribution is 6.28. The van der Waals surface area contributed by atoms with Crippen molar-refractivity contribution < 1.29 is 0 Å². The summed E-state index contributed by atoms with van der Waals surface area (Å²) < 4.78 is 0. The third kappa shape index (κ3) is 3.43. The van der Waals surface area contributed by atoms with E-state index in [0.29, 0.717) is 0 Å². The van der Waals surface area contributed by atoms with Crippen LogP contribution in [0.1, 0.15) is 55.5 Å². The van der Waals surface area contributed by atoms with Gasteiger partial charge in [-0.05, 0) is 124 Å². The van der Waals surface area contributed by atoms with Crippen molar-refractivity contribution in [3.63, 3.8) is 0 Å². The van der Waals surface area contributed by atoms with E-state index in [1.807, 2.05) is 0 Å². The van der Waals surface area contributed by atoms with Crippen LogP contribution in [0, 0.1) is 6.92 Å². The van der Waals surface area contributed by atoms with Gasteiger partial charge < -0.3 is 0 Å². The first-order chi connectivity index (χ1) is 22.7. The number of rotatable bonds is 2. The summed E-state index contributed by atoms with van der Waals surface area (Å²) in [5.74, 6) is 0. The number of aryl methyl sites for hydroxylation is 1. The third-order valence-electron chi connectivity index (χ3n) is 11.8. The van der Waals surface area contributed by atoms with Crippen LogP contribution in [-0.2, 0) is 10.8 Å². The van der Waals surface area contributed by atoms with Gasteiger partial charge in [-0.3, -0.25) is 0 Å². The lowest BCUT2D eigenvalue weighted by Gasteiger charge is -2.23. The predicted molar refractivity (Wildman–Crippen MR) is 201 cm³/mol. The topological polar surface area (TPSA) is 0 Å². The van der Waals surface area contributed by atoms with Gasteiger partial charge >= 0.3 is 0 Å².